The smallest absolute Gasteiger partial charge is 0.163 e. The first-order valence-corrected chi connectivity index (χ1v) is 6.97. The fourth-order valence-electron chi connectivity index (χ4n) is 2.75. The highest BCUT2D eigenvalue weighted by Crippen LogP contribution is 2.31. The summed E-state index contributed by atoms with van der Waals surface area (Å²) in [6, 6.07) is 3.82. The lowest BCUT2D eigenvalue weighted by molar-refractivity contribution is 0.326. The van der Waals surface area contributed by atoms with Gasteiger partial charge in [-0.25, -0.2) is 4.68 Å². The Balaban J connectivity index is 1.91. The Hall–Kier alpha value is -1.82. The van der Waals surface area contributed by atoms with Gasteiger partial charge in [-0.3, -0.25) is 0 Å². The fraction of sp³-hybridized carbons (Fsp3) is 0.571. The molecular weight excluding hydrogens is 256 g/mol. The zero-order valence-electron chi connectivity index (χ0n) is 11.9. The Labute approximate surface area is 118 Å². The molecule has 1 aliphatic heterocycles. The van der Waals surface area contributed by atoms with E-state index in [-0.39, 0.29) is 0 Å². The van der Waals surface area contributed by atoms with Gasteiger partial charge in [0.2, 0.25) is 0 Å². The molecule has 1 saturated heterocycles. The summed E-state index contributed by atoms with van der Waals surface area (Å²) in [6.07, 6.45) is 2.47. The van der Waals surface area contributed by atoms with E-state index in [0.29, 0.717) is 17.4 Å². The molecule has 1 fully saturated rings. The minimum Gasteiger partial charge on any atom is -0.493 e. The van der Waals surface area contributed by atoms with Crippen LogP contribution in [0.15, 0.2) is 12.1 Å². The molecule has 1 atom stereocenters. The van der Waals surface area contributed by atoms with Crippen LogP contribution in [0.1, 0.15) is 12.8 Å². The normalized spacial score (nSPS) is 19.2. The quantitative estimate of drug-likeness (QED) is 0.915. The Morgan fingerprint density at radius 1 is 1.30 bits per heavy atom. The van der Waals surface area contributed by atoms with Gasteiger partial charge in [0.05, 0.1) is 19.7 Å². The summed E-state index contributed by atoms with van der Waals surface area (Å²) in [7, 11) is 3.27. The van der Waals surface area contributed by atoms with Crippen LogP contribution in [-0.2, 0) is 6.54 Å². The summed E-state index contributed by atoms with van der Waals surface area (Å²) < 4.78 is 12.6. The maximum Gasteiger partial charge on any atom is 0.163 e. The molecule has 1 N–H and O–H groups in total. The number of methoxy groups -OCH3 is 2. The van der Waals surface area contributed by atoms with Gasteiger partial charge in [0, 0.05) is 18.7 Å². The molecule has 108 valence electrons. The average molecular weight is 276 g/mol. The predicted octanol–water partition coefficient (Wildman–Crippen LogP) is 1.45. The molecule has 2 heterocycles. The highest BCUT2D eigenvalue weighted by atomic mass is 16.5. The number of rotatable bonds is 4. The zero-order chi connectivity index (χ0) is 13.9. The van der Waals surface area contributed by atoms with Gasteiger partial charge in [0.1, 0.15) is 5.52 Å². The van der Waals surface area contributed by atoms with E-state index >= 15 is 0 Å². The van der Waals surface area contributed by atoms with E-state index in [9.17, 15) is 0 Å². The molecule has 20 heavy (non-hydrogen) atoms. The number of aromatic nitrogens is 3. The van der Waals surface area contributed by atoms with Gasteiger partial charge in [-0.1, -0.05) is 5.21 Å². The summed E-state index contributed by atoms with van der Waals surface area (Å²) in [5.74, 6) is 2.01. The SMILES string of the molecule is COc1cc2nnn(CC3CCCNC3)c2cc1OC. The van der Waals surface area contributed by atoms with Crippen molar-refractivity contribution < 1.29 is 9.47 Å². The third-order valence-electron chi connectivity index (χ3n) is 3.85. The third kappa shape index (κ3) is 2.43. The number of hydrogen-bond donors (Lipinski definition) is 1. The third-order valence-corrected chi connectivity index (χ3v) is 3.85. The molecule has 0 amide bonds. The standard InChI is InChI=1S/C14H20N4O2/c1-19-13-6-11-12(7-14(13)20-2)18(17-16-11)9-10-4-3-5-15-8-10/h6-7,10,15H,3-5,8-9H2,1-2H3. The van der Waals surface area contributed by atoms with Gasteiger partial charge in [0.25, 0.3) is 0 Å². The van der Waals surface area contributed by atoms with Crippen LogP contribution in [0.4, 0.5) is 0 Å². The summed E-state index contributed by atoms with van der Waals surface area (Å²) in [4.78, 5) is 0. The molecule has 0 radical (unpaired) electrons. The van der Waals surface area contributed by atoms with Crippen LogP contribution in [0, 0.1) is 5.92 Å². The Morgan fingerprint density at radius 3 is 2.80 bits per heavy atom. The van der Waals surface area contributed by atoms with Gasteiger partial charge < -0.3 is 14.8 Å². The van der Waals surface area contributed by atoms with Crippen molar-refractivity contribution in [1.82, 2.24) is 20.3 Å². The van der Waals surface area contributed by atoms with E-state index in [0.717, 1.165) is 30.7 Å². The summed E-state index contributed by atoms with van der Waals surface area (Å²) in [5, 5.41) is 11.9. The molecular formula is C14H20N4O2. The van der Waals surface area contributed by atoms with E-state index < -0.39 is 0 Å². The van der Waals surface area contributed by atoms with Gasteiger partial charge in [0.15, 0.2) is 11.5 Å². The molecule has 2 aromatic rings. The van der Waals surface area contributed by atoms with Crippen molar-refractivity contribution in [3.8, 4) is 11.5 Å². The van der Waals surface area contributed by atoms with Gasteiger partial charge in [-0.2, -0.15) is 0 Å². The molecule has 3 rings (SSSR count). The maximum absolute atomic E-state index is 5.35. The fourth-order valence-corrected chi connectivity index (χ4v) is 2.75. The lowest BCUT2D eigenvalue weighted by Gasteiger charge is -2.22. The molecule has 0 aliphatic carbocycles. The number of fused-ring (bicyclic) bond motifs is 1. The molecule has 1 unspecified atom stereocenters. The average Bonchev–Trinajstić information content (AvgIpc) is 2.89. The Kier molecular flexibility index (Phi) is 3.73. The van der Waals surface area contributed by atoms with Crippen molar-refractivity contribution in [2.24, 2.45) is 5.92 Å². The van der Waals surface area contributed by atoms with Crippen LogP contribution in [-0.4, -0.2) is 42.3 Å². The lowest BCUT2D eigenvalue weighted by Crippen LogP contribution is -2.32. The number of piperidine rings is 1. The van der Waals surface area contributed by atoms with Crippen molar-refractivity contribution in [3.05, 3.63) is 12.1 Å². The first kappa shape index (κ1) is 13.2. The summed E-state index contributed by atoms with van der Waals surface area (Å²) >= 11 is 0. The second kappa shape index (κ2) is 5.66. The van der Waals surface area contributed by atoms with Gasteiger partial charge >= 0.3 is 0 Å². The van der Waals surface area contributed by atoms with Crippen LogP contribution in [0.25, 0.3) is 11.0 Å². The molecule has 0 spiro atoms. The highest BCUT2D eigenvalue weighted by molar-refractivity contribution is 5.79. The first-order chi connectivity index (χ1) is 9.81. The second-order valence-corrected chi connectivity index (χ2v) is 5.18. The largest absolute Gasteiger partial charge is 0.493 e. The first-order valence-electron chi connectivity index (χ1n) is 6.97. The Bertz CT molecular complexity index is 590. The summed E-state index contributed by atoms with van der Waals surface area (Å²) in [5.41, 5.74) is 1.83. The minimum atomic E-state index is 0.613. The molecule has 1 aliphatic rings. The number of hydrogen-bond acceptors (Lipinski definition) is 5. The monoisotopic (exact) mass is 276 g/mol. The Morgan fingerprint density at radius 2 is 2.10 bits per heavy atom. The zero-order valence-corrected chi connectivity index (χ0v) is 11.9. The number of nitrogens with zero attached hydrogens (tertiary/aromatic N) is 3. The van der Waals surface area contributed by atoms with Gasteiger partial charge in [-0.05, 0) is 31.8 Å². The van der Waals surface area contributed by atoms with Crippen molar-refractivity contribution in [1.29, 1.82) is 0 Å². The van der Waals surface area contributed by atoms with Crippen LogP contribution in [0.2, 0.25) is 0 Å². The van der Waals surface area contributed by atoms with Crippen molar-refractivity contribution in [2.75, 3.05) is 27.3 Å². The van der Waals surface area contributed by atoms with Crippen LogP contribution in [0.3, 0.4) is 0 Å². The molecule has 6 nitrogen and oxygen atoms in total. The summed E-state index contributed by atoms with van der Waals surface area (Å²) in [6.45, 7) is 3.06. The molecule has 0 bridgehead atoms. The van der Waals surface area contributed by atoms with Crippen LogP contribution in [0.5, 0.6) is 11.5 Å². The molecule has 0 saturated carbocycles. The number of ether oxygens (including phenoxy) is 2. The number of nitrogens with one attached hydrogen (secondary N) is 1. The topological polar surface area (TPSA) is 61.2 Å². The van der Waals surface area contributed by atoms with E-state index in [1.165, 1.54) is 12.8 Å². The van der Waals surface area contributed by atoms with E-state index in [1.54, 1.807) is 14.2 Å². The maximum atomic E-state index is 5.35. The lowest BCUT2D eigenvalue weighted by atomic mass is 10.00. The second-order valence-electron chi connectivity index (χ2n) is 5.18. The molecule has 6 heteroatoms. The van der Waals surface area contributed by atoms with E-state index in [4.69, 9.17) is 9.47 Å². The van der Waals surface area contributed by atoms with Gasteiger partial charge in [-0.15, -0.1) is 5.10 Å². The number of benzene rings is 1. The minimum absolute atomic E-state index is 0.613. The molecule has 1 aromatic heterocycles. The molecule has 1 aromatic carbocycles. The van der Waals surface area contributed by atoms with Crippen molar-refractivity contribution in [3.63, 3.8) is 0 Å². The van der Waals surface area contributed by atoms with Crippen molar-refractivity contribution >= 4 is 11.0 Å². The van der Waals surface area contributed by atoms with E-state index in [1.807, 2.05) is 16.8 Å². The van der Waals surface area contributed by atoms with E-state index in [2.05, 4.69) is 15.6 Å². The predicted molar refractivity (Wildman–Crippen MR) is 76.2 cm³/mol. The van der Waals surface area contributed by atoms with Crippen molar-refractivity contribution in [2.45, 2.75) is 19.4 Å². The van der Waals surface area contributed by atoms with Crippen LogP contribution < -0.4 is 14.8 Å². The van der Waals surface area contributed by atoms with Crippen LogP contribution >= 0.6 is 0 Å². The highest BCUT2D eigenvalue weighted by Gasteiger charge is 2.17.